The number of aromatic nitrogens is 2. The number of halogens is 3. The summed E-state index contributed by atoms with van der Waals surface area (Å²) in [7, 11) is 0. The first-order chi connectivity index (χ1) is 12.0. The molecule has 0 saturated carbocycles. The Kier molecular flexibility index (Phi) is 5.33. The van der Waals surface area contributed by atoms with Crippen LogP contribution in [0.3, 0.4) is 0 Å². The number of carbonyl (C=O) groups excluding carboxylic acids is 1. The summed E-state index contributed by atoms with van der Waals surface area (Å²) in [6, 6.07) is 6.53. The van der Waals surface area contributed by atoms with Crippen LogP contribution in [-0.4, -0.2) is 22.1 Å². The van der Waals surface area contributed by atoms with Crippen molar-refractivity contribution in [1.29, 1.82) is 0 Å². The number of carbonyl (C=O) groups is 1. The van der Waals surface area contributed by atoms with Gasteiger partial charge in [0.05, 0.1) is 27.5 Å². The quantitative estimate of drug-likeness (QED) is 0.402. The van der Waals surface area contributed by atoms with Crippen LogP contribution < -0.4 is 5.43 Å². The first kappa shape index (κ1) is 17.4. The fourth-order valence-electron chi connectivity index (χ4n) is 1.91. The van der Waals surface area contributed by atoms with Gasteiger partial charge in [-0.1, -0.05) is 34.8 Å². The smallest absolute Gasteiger partial charge is 0.291 e. The first-order valence-corrected chi connectivity index (χ1v) is 8.02. The molecule has 0 fully saturated rings. The molecule has 0 aliphatic carbocycles. The van der Waals surface area contributed by atoms with E-state index in [-0.39, 0.29) is 5.69 Å². The largest absolute Gasteiger partial charge is 0.455 e. The van der Waals surface area contributed by atoms with Crippen LogP contribution in [0.25, 0.3) is 11.3 Å². The molecule has 6 nitrogen and oxygen atoms in total. The highest BCUT2D eigenvalue weighted by atomic mass is 35.5. The molecule has 25 heavy (non-hydrogen) atoms. The van der Waals surface area contributed by atoms with Gasteiger partial charge in [-0.15, -0.1) is 0 Å². The summed E-state index contributed by atoms with van der Waals surface area (Å²) in [5.74, 6) is 0.422. The average molecular weight is 396 g/mol. The molecule has 0 spiro atoms. The summed E-state index contributed by atoms with van der Waals surface area (Å²) >= 11 is 18.1. The Morgan fingerprint density at radius 1 is 1.12 bits per heavy atom. The zero-order valence-corrected chi connectivity index (χ0v) is 14.7. The van der Waals surface area contributed by atoms with Crippen molar-refractivity contribution < 1.29 is 9.21 Å². The Morgan fingerprint density at radius 3 is 2.68 bits per heavy atom. The minimum Gasteiger partial charge on any atom is -0.455 e. The van der Waals surface area contributed by atoms with Gasteiger partial charge in [0.1, 0.15) is 17.2 Å². The van der Waals surface area contributed by atoms with E-state index in [0.717, 1.165) is 0 Å². The topological polar surface area (TPSA) is 80.4 Å². The Morgan fingerprint density at radius 2 is 1.92 bits per heavy atom. The average Bonchev–Trinajstić information content (AvgIpc) is 3.07. The van der Waals surface area contributed by atoms with E-state index in [1.54, 1.807) is 18.2 Å². The summed E-state index contributed by atoms with van der Waals surface area (Å²) in [5, 5.41) is 4.94. The summed E-state index contributed by atoms with van der Waals surface area (Å²) in [5.41, 5.74) is 3.08. The lowest BCUT2D eigenvalue weighted by atomic mass is 10.2. The number of furan rings is 1. The number of nitrogens with zero attached hydrogens (tertiary/aromatic N) is 3. The third kappa shape index (κ3) is 4.17. The van der Waals surface area contributed by atoms with E-state index in [0.29, 0.717) is 32.2 Å². The molecule has 126 valence electrons. The maximum absolute atomic E-state index is 11.8. The van der Waals surface area contributed by atoms with Gasteiger partial charge in [-0.2, -0.15) is 5.10 Å². The van der Waals surface area contributed by atoms with Crippen molar-refractivity contribution >= 4 is 46.9 Å². The molecule has 3 rings (SSSR count). The van der Waals surface area contributed by atoms with Gasteiger partial charge in [-0.3, -0.25) is 9.78 Å². The van der Waals surface area contributed by atoms with Gasteiger partial charge in [0, 0.05) is 18.0 Å². The number of hydrazone groups is 1. The number of hydrogen-bond acceptors (Lipinski definition) is 5. The van der Waals surface area contributed by atoms with Gasteiger partial charge in [0.2, 0.25) is 0 Å². The van der Waals surface area contributed by atoms with Crippen molar-refractivity contribution in [1.82, 2.24) is 15.4 Å². The fraction of sp³-hybridized carbons (Fsp3) is 0. The van der Waals surface area contributed by atoms with E-state index in [2.05, 4.69) is 20.5 Å². The lowest BCUT2D eigenvalue weighted by molar-refractivity contribution is 0.0949. The summed E-state index contributed by atoms with van der Waals surface area (Å²) in [6.07, 6.45) is 5.57. The van der Waals surface area contributed by atoms with E-state index >= 15 is 0 Å². The van der Waals surface area contributed by atoms with Gasteiger partial charge < -0.3 is 4.42 Å². The minimum absolute atomic E-state index is 0.155. The SMILES string of the molecule is O=C(N/N=C/c1ccc(-c2cc(Cl)c(Cl)cc2Cl)o1)c1cnccn1. The predicted molar refractivity (Wildman–Crippen MR) is 96.3 cm³/mol. The molecule has 2 aromatic heterocycles. The highest BCUT2D eigenvalue weighted by Gasteiger charge is 2.11. The zero-order valence-electron chi connectivity index (χ0n) is 12.4. The second-order valence-electron chi connectivity index (χ2n) is 4.74. The van der Waals surface area contributed by atoms with Crippen molar-refractivity contribution in [2.24, 2.45) is 5.10 Å². The van der Waals surface area contributed by atoms with Crippen LogP contribution in [0.1, 0.15) is 16.2 Å². The lowest BCUT2D eigenvalue weighted by Gasteiger charge is -2.03. The fourth-order valence-corrected chi connectivity index (χ4v) is 2.55. The Labute approximate surface area is 157 Å². The number of benzene rings is 1. The molecule has 0 bridgehead atoms. The van der Waals surface area contributed by atoms with Gasteiger partial charge >= 0.3 is 0 Å². The van der Waals surface area contributed by atoms with Gasteiger partial charge in [-0.25, -0.2) is 10.4 Å². The van der Waals surface area contributed by atoms with E-state index in [1.165, 1.54) is 30.9 Å². The lowest BCUT2D eigenvalue weighted by Crippen LogP contribution is -2.18. The van der Waals surface area contributed by atoms with Crippen LogP contribution >= 0.6 is 34.8 Å². The predicted octanol–water partition coefficient (Wildman–Crippen LogP) is 4.46. The minimum atomic E-state index is -0.483. The van der Waals surface area contributed by atoms with Crippen LogP contribution in [0.5, 0.6) is 0 Å². The van der Waals surface area contributed by atoms with E-state index in [1.807, 2.05) is 0 Å². The Bertz CT molecular complexity index is 942. The van der Waals surface area contributed by atoms with Crippen LogP contribution in [0, 0.1) is 0 Å². The standard InChI is InChI=1S/C16H9Cl3N4O2/c17-11-6-13(19)12(18)5-10(11)15-2-1-9(25-15)7-22-23-16(24)14-8-20-3-4-21-14/h1-8H,(H,23,24)/b22-7+. The molecule has 3 aromatic rings. The van der Waals surface area contributed by atoms with E-state index < -0.39 is 5.91 Å². The van der Waals surface area contributed by atoms with Gasteiger partial charge in [0.15, 0.2) is 0 Å². The zero-order chi connectivity index (χ0) is 17.8. The monoisotopic (exact) mass is 394 g/mol. The molecule has 9 heteroatoms. The highest BCUT2D eigenvalue weighted by Crippen LogP contribution is 2.35. The second-order valence-corrected chi connectivity index (χ2v) is 5.96. The van der Waals surface area contributed by atoms with E-state index in [9.17, 15) is 4.79 Å². The maximum Gasteiger partial charge on any atom is 0.291 e. The molecule has 0 saturated heterocycles. The third-order valence-corrected chi connectivity index (χ3v) is 4.09. The van der Waals surface area contributed by atoms with Crippen molar-refractivity contribution in [3.63, 3.8) is 0 Å². The van der Waals surface area contributed by atoms with Crippen molar-refractivity contribution in [2.45, 2.75) is 0 Å². The summed E-state index contributed by atoms with van der Waals surface area (Å²) < 4.78 is 5.62. The number of rotatable bonds is 4. The van der Waals surface area contributed by atoms with Gasteiger partial charge in [-0.05, 0) is 24.3 Å². The molecule has 1 aromatic carbocycles. The first-order valence-electron chi connectivity index (χ1n) is 6.89. The molecular weight excluding hydrogens is 387 g/mol. The number of nitrogens with one attached hydrogen (secondary N) is 1. The molecule has 0 aliphatic heterocycles. The molecule has 1 amide bonds. The Balaban J connectivity index is 1.72. The van der Waals surface area contributed by atoms with Gasteiger partial charge in [0.25, 0.3) is 5.91 Å². The van der Waals surface area contributed by atoms with Crippen LogP contribution in [-0.2, 0) is 0 Å². The van der Waals surface area contributed by atoms with Crippen molar-refractivity contribution in [3.8, 4) is 11.3 Å². The summed E-state index contributed by atoms with van der Waals surface area (Å²) in [6.45, 7) is 0. The molecule has 1 N–H and O–H groups in total. The molecule has 0 unspecified atom stereocenters. The second kappa shape index (κ2) is 7.65. The van der Waals surface area contributed by atoms with Crippen LogP contribution in [0.15, 0.2) is 52.4 Å². The normalized spacial score (nSPS) is 11.0. The van der Waals surface area contributed by atoms with E-state index in [4.69, 9.17) is 39.2 Å². The molecule has 0 radical (unpaired) electrons. The molecule has 0 atom stereocenters. The third-order valence-electron chi connectivity index (χ3n) is 3.06. The maximum atomic E-state index is 11.8. The summed E-state index contributed by atoms with van der Waals surface area (Å²) in [4.78, 5) is 19.4. The van der Waals surface area contributed by atoms with Crippen LogP contribution in [0.4, 0.5) is 0 Å². The molecule has 2 heterocycles. The molecule has 0 aliphatic rings. The van der Waals surface area contributed by atoms with Crippen LogP contribution in [0.2, 0.25) is 15.1 Å². The number of hydrogen-bond donors (Lipinski definition) is 1. The van der Waals surface area contributed by atoms with Crippen molar-refractivity contribution in [2.75, 3.05) is 0 Å². The number of amides is 1. The highest BCUT2D eigenvalue weighted by molar-refractivity contribution is 6.44. The molecular formula is C16H9Cl3N4O2. The Hall–Kier alpha value is -2.41. The van der Waals surface area contributed by atoms with Crippen molar-refractivity contribution in [3.05, 3.63) is 69.4 Å².